The number of hydrogen-bond acceptors (Lipinski definition) is 6. The van der Waals surface area contributed by atoms with Crippen LogP contribution in [0.3, 0.4) is 0 Å². The molecule has 0 bridgehead atoms. The van der Waals surface area contributed by atoms with Crippen molar-refractivity contribution in [1.29, 1.82) is 0 Å². The van der Waals surface area contributed by atoms with Crippen LogP contribution in [0.1, 0.15) is 40.1 Å². The lowest BCUT2D eigenvalue weighted by atomic mass is 10.1. The first-order valence-corrected chi connectivity index (χ1v) is 9.86. The van der Waals surface area contributed by atoms with Crippen LogP contribution in [-0.4, -0.2) is 33.0 Å². The number of Topliss-reactive ketones (excluding diaryl/α,β-unsaturated/α-hetero) is 1. The molecule has 0 heterocycles. The summed E-state index contributed by atoms with van der Waals surface area (Å²) in [6.45, 7) is 3.52. The number of ketones is 1. The zero-order chi connectivity index (χ0) is 19.3. The molecule has 0 aromatic heterocycles. The van der Waals surface area contributed by atoms with Crippen molar-refractivity contribution in [2.24, 2.45) is 0 Å². The Labute approximate surface area is 152 Å². The molecule has 0 aliphatic rings. The largest absolute Gasteiger partial charge is 0.493 e. The second-order valence-electron chi connectivity index (χ2n) is 5.66. The predicted octanol–water partition coefficient (Wildman–Crippen LogP) is 3.05. The Morgan fingerprint density at radius 3 is 2.38 bits per heavy atom. The molecule has 0 radical (unpaired) electrons. The normalized spacial score (nSPS) is 11.0. The molecule has 0 aliphatic heterocycles. The van der Waals surface area contributed by atoms with E-state index in [-0.39, 0.29) is 22.8 Å². The molecule has 0 fully saturated rings. The number of benzene rings is 2. The quantitative estimate of drug-likeness (QED) is 0.545. The third-order valence-corrected chi connectivity index (χ3v) is 4.79. The first-order valence-electron chi connectivity index (χ1n) is 7.97. The van der Waals surface area contributed by atoms with Crippen molar-refractivity contribution in [3.63, 3.8) is 0 Å². The van der Waals surface area contributed by atoms with Crippen LogP contribution in [0.25, 0.3) is 0 Å². The molecule has 0 N–H and O–H groups in total. The number of ether oxygens (including phenoxy) is 2. The van der Waals surface area contributed by atoms with Crippen molar-refractivity contribution < 1.29 is 27.5 Å². The lowest BCUT2D eigenvalue weighted by Gasteiger charge is -2.13. The highest BCUT2D eigenvalue weighted by Crippen LogP contribution is 2.23. The highest BCUT2D eigenvalue weighted by atomic mass is 32.2. The Morgan fingerprint density at radius 2 is 1.77 bits per heavy atom. The molecule has 138 valence electrons. The molecular formula is C19H20O6S. The molecule has 0 spiro atoms. The van der Waals surface area contributed by atoms with Crippen LogP contribution in [-0.2, 0) is 21.2 Å². The summed E-state index contributed by atoms with van der Waals surface area (Å²) < 4.78 is 34.4. The van der Waals surface area contributed by atoms with E-state index < -0.39 is 15.8 Å². The van der Waals surface area contributed by atoms with E-state index in [2.05, 4.69) is 0 Å². The topological polar surface area (TPSA) is 86.7 Å². The third-order valence-electron chi connectivity index (χ3n) is 3.63. The monoisotopic (exact) mass is 376 g/mol. The van der Waals surface area contributed by atoms with E-state index in [0.29, 0.717) is 23.5 Å². The van der Waals surface area contributed by atoms with Gasteiger partial charge in [-0.2, -0.15) is 0 Å². The minimum atomic E-state index is -3.57. The molecule has 0 aliphatic carbocycles. The summed E-state index contributed by atoms with van der Waals surface area (Å²) in [5, 5.41) is 0. The smallest absolute Gasteiger partial charge is 0.339 e. The number of carbonyl (C=O) groups is 2. The molecule has 2 aromatic carbocycles. The molecule has 7 heteroatoms. The van der Waals surface area contributed by atoms with Gasteiger partial charge in [0.05, 0.1) is 17.1 Å². The van der Waals surface area contributed by atoms with Crippen molar-refractivity contribution in [2.75, 3.05) is 12.9 Å². The molecule has 6 nitrogen and oxygen atoms in total. The second kappa shape index (κ2) is 8.14. The Balaban J connectivity index is 2.28. The first-order chi connectivity index (χ1) is 12.2. The number of rotatable bonds is 7. The maximum atomic E-state index is 12.4. The van der Waals surface area contributed by atoms with Crippen molar-refractivity contribution >= 4 is 21.6 Å². The maximum absolute atomic E-state index is 12.4. The van der Waals surface area contributed by atoms with Crippen molar-refractivity contribution in [1.82, 2.24) is 0 Å². The van der Waals surface area contributed by atoms with Gasteiger partial charge in [0.25, 0.3) is 0 Å². The summed E-state index contributed by atoms with van der Waals surface area (Å²) in [7, 11) is -3.57. The van der Waals surface area contributed by atoms with Crippen LogP contribution in [0, 0.1) is 0 Å². The number of carbonyl (C=O) groups excluding carboxylic acids is 2. The lowest BCUT2D eigenvalue weighted by Crippen LogP contribution is -2.12. The third kappa shape index (κ3) is 4.70. The fourth-order valence-corrected chi connectivity index (χ4v) is 3.26. The zero-order valence-electron chi connectivity index (χ0n) is 14.8. The Bertz CT molecular complexity index is 931. The highest BCUT2D eigenvalue weighted by Gasteiger charge is 2.20. The standard InChI is InChI=1S/C19H20O6S/c1-4-24-17-10-9-14(13(2)20)11-15(17)12-25-19(21)16-7-5-6-8-18(16)26(3,22)23/h5-11H,4,12H2,1-3H3. The van der Waals surface area contributed by atoms with Gasteiger partial charge in [-0.15, -0.1) is 0 Å². The van der Waals surface area contributed by atoms with Crippen LogP contribution >= 0.6 is 0 Å². The van der Waals surface area contributed by atoms with E-state index >= 15 is 0 Å². The van der Waals surface area contributed by atoms with Gasteiger partial charge >= 0.3 is 5.97 Å². The van der Waals surface area contributed by atoms with Crippen molar-refractivity contribution in [2.45, 2.75) is 25.3 Å². The average molecular weight is 376 g/mol. The SMILES string of the molecule is CCOc1ccc(C(C)=O)cc1COC(=O)c1ccccc1S(C)(=O)=O. The van der Waals surface area contributed by atoms with Crippen LogP contribution in [0.5, 0.6) is 5.75 Å². The minimum absolute atomic E-state index is 0.0318. The Kier molecular flexibility index (Phi) is 6.15. The molecule has 0 saturated heterocycles. The summed E-state index contributed by atoms with van der Waals surface area (Å²) in [6.07, 6.45) is 1.03. The summed E-state index contributed by atoms with van der Waals surface area (Å²) in [6, 6.07) is 10.7. The van der Waals surface area contributed by atoms with E-state index in [1.54, 1.807) is 24.3 Å². The average Bonchev–Trinajstić information content (AvgIpc) is 2.60. The van der Waals surface area contributed by atoms with Gasteiger partial charge in [-0.25, -0.2) is 13.2 Å². The number of hydrogen-bond donors (Lipinski definition) is 0. The van der Waals surface area contributed by atoms with Gasteiger partial charge < -0.3 is 9.47 Å². The molecule has 0 saturated carbocycles. The van der Waals surface area contributed by atoms with E-state index in [9.17, 15) is 18.0 Å². The van der Waals surface area contributed by atoms with Crippen LogP contribution in [0.15, 0.2) is 47.4 Å². The lowest BCUT2D eigenvalue weighted by molar-refractivity contribution is 0.0465. The van der Waals surface area contributed by atoms with E-state index in [1.807, 2.05) is 6.92 Å². The molecular weight excluding hydrogens is 356 g/mol. The summed E-state index contributed by atoms with van der Waals surface area (Å²) in [5.41, 5.74) is 0.969. The van der Waals surface area contributed by atoms with Gasteiger partial charge in [-0.05, 0) is 44.2 Å². The fraction of sp³-hybridized carbons (Fsp3) is 0.263. The maximum Gasteiger partial charge on any atom is 0.339 e. The molecule has 0 unspecified atom stereocenters. The predicted molar refractivity (Wildman–Crippen MR) is 96.3 cm³/mol. The Morgan fingerprint density at radius 1 is 1.08 bits per heavy atom. The van der Waals surface area contributed by atoms with Crippen LogP contribution < -0.4 is 4.74 Å². The van der Waals surface area contributed by atoms with E-state index in [0.717, 1.165) is 6.26 Å². The van der Waals surface area contributed by atoms with Crippen molar-refractivity contribution in [3.8, 4) is 5.75 Å². The van der Waals surface area contributed by atoms with Gasteiger partial charge in [0, 0.05) is 17.4 Å². The Hall–Kier alpha value is -2.67. The second-order valence-corrected chi connectivity index (χ2v) is 7.64. The van der Waals surface area contributed by atoms with Gasteiger partial charge in [0.1, 0.15) is 12.4 Å². The van der Waals surface area contributed by atoms with Gasteiger partial charge in [0.2, 0.25) is 0 Å². The summed E-state index contributed by atoms with van der Waals surface area (Å²) >= 11 is 0. The van der Waals surface area contributed by atoms with Crippen molar-refractivity contribution in [3.05, 3.63) is 59.2 Å². The molecule has 2 rings (SSSR count). The minimum Gasteiger partial charge on any atom is -0.493 e. The van der Waals surface area contributed by atoms with Gasteiger partial charge in [-0.3, -0.25) is 4.79 Å². The molecule has 2 aromatic rings. The van der Waals surface area contributed by atoms with Crippen LogP contribution in [0.2, 0.25) is 0 Å². The van der Waals surface area contributed by atoms with E-state index in [4.69, 9.17) is 9.47 Å². The highest BCUT2D eigenvalue weighted by molar-refractivity contribution is 7.90. The molecule has 0 amide bonds. The van der Waals surface area contributed by atoms with E-state index in [1.165, 1.54) is 25.1 Å². The summed E-state index contributed by atoms with van der Waals surface area (Å²) in [5.74, 6) is -0.383. The first kappa shape index (κ1) is 19.7. The molecule has 0 atom stereocenters. The molecule has 26 heavy (non-hydrogen) atoms. The summed E-state index contributed by atoms with van der Waals surface area (Å²) in [4.78, 5) is 23.9. The fourth-order valence-electron chi connectivity index (χ4n) is 2.39. The zero-order valence-corrected chi connectivity index (χ0v) is 15.6. The number of sulfone groups is 1. The van der Waals surface area contributed by atoms with Crippen LogP contribution in [0.4, 0.5) is 0 Å². The van der Waals surface area contributed by atoms with Gasteiger partial charge in [-0.1, -0.05) is 12.1 Å². The van der Waals surface area contributed by atoms with Gasteiger partial charge in [0.15, 0.2) is 15.6 Å². The number of esters is 1.